The average molecular weight is 737 g/mol. The number of rotatable bonds is 17. The third-order valence-corrected chi connectivity index (χ3v) is 11.1. The van der Waals surface area contributed by atoms with E-state index >= 15 is 0 Å². The second kappa shape index (κ2) is 16.7. The Hall–Kier alpha value is -3.90. The number of benzene rings is 3. The first-order valence-corrected chi connectivity index (χ1v) is 18.5. The molecular weight excluding hydrogens is 700 g/mol. The van der Waals surface area contributed by atoms with Gasteiger partial charge in [0.15, 0.2) is 0 Å². The zero-order valence-electron chi connectivity index (χ0n) is 26.4. The van der Waals surface area contributed by atoms with Crippen LogP contribution in [0.2, 0.25) is 5.02 Å². The van der Waals surface area contributed by atoms with Gasteiger partial charge in [-0.3, -0.25) is 14.9 Å². The summed E-state index contributed by atoms with van der Waals surface area (Å²) in [6, 6.07) is 15.7. The molecule has 3 aromatic carbocycles. The first-order valence-electron chi connectivity index (χ1n) is 15.2. The lowest BCUT2D eigenvalue weighted by atomic mass is 10.1. The van der Waals surface area contributed by atoms with Gasteiger partial charge in [-0.1, -0.05) is 66.2 Å². The van der Waals surface area contributed by atoms with Gasteiger partial charge in [0.2, 0.25) is 26.0 Å². The van der Waals surface area contributed by atoms with Gasteiger partial charge in [-0.15, -0.1) is 0 Å². The van der Waals surface area contributed by atoms with Crippen LogP contribution in [-0.2, 0) is 58.9 Å². The summed E-state index contributed by atoms with van der Waals surface area (Å²) in [6.07, 6.45) is 0.891. The van der Waals surface area contributed by atoms with E-state index in [0.717, 1.165) is 6.07 Å². The highest BCUT2D eigenvalue weighted by Crippen LogP contribution is 2.25. The molecule has 1 aliphatic heterocycles. The van der Waals surface area contributed by atoms with E-state index in [9.17, 15) is 41.4 Å². The van der Waals surface area contributed by atoms with Crippen molar-refractivity contribution in [1.29, 1.82) is 0 Å². The molecule has 17 heteroatoms. The number of amides is 1. The van der Waals surface area contributed by atoms with E-state index in [1.54, 1.807) is 54.6 Å². The minimum absolute atomic E-state index is 0.0115. The Morgan fingerprint density at radius 2 is 1.51 bits per heavy atom. The van der Waals surface area contributed by atoms with Crippen molar-refractivity contribution in [3.8, 4) is 0 Å². The predicted octanol–water partition coefficient (Wildman–Crippen LogP) is 2.32. The number of likely N-dealkylation sites (tertiary alicyclic amines) is 1. The van der Waals surface area contributed by atoms with Gasteiger partial charge in [-0.25, -0.2) is 31.1 Å². The van der Waals surface area contributed by atoms with Crippen molar-refractivity contribution in [2.45, 2.75) is 67.4 Å². The molecule has 4 rings (SSSR count). The monoisotopic (exact) mass is 736 g/mol. The van der Waals surface area contributed by atoms with Crippen LogP contribution < -0.4 is 14.8 Å². The van der Waals surface area contributed by atoms with E-state index in [1.807, 2.05) is 0 Å². The van der Waals surface area contributed by atoms with Gasteiger partial charge in [-0.2, -0.15) is 0 Å². The normalized spacial score (nSPS) is 16.3. The number of nitrogens with zero attached hydrogens (tertiary/aromatic N) is 1. The number of hydrogen-bond acceptors (Lipinski definition) is 9. The number of nitrogens with one attached hydrogen (secondary N) is 3. The third kappa shape index (κ3) is 10.3. The fourth-order valence-electron chi connectivity index (χ4n) is 5.12. The Morgan fingerprint density at radius 1 is 0.898 bits per heavy atom. The molecule has 1 saturated heterocycles. The third-order valence-electron chi connectivity index (χ3n) is 7.79. The fourth-order valence-corrected chi connectivity index (χ4v) is 7.78. The summed E-state index contributed by atoms with van der Waals surface area (Å²) in [6.45, 7) is 1.37. The average Bonchev–Trinajstić information content (AvgIpc) is 3.57. The van der Waals surface area contributed by atoms with Crippen LogP contribution in [0, 0.1) is 0 Å². The predicted molar refractivity (Wildman–Crippen MR) is 178 cm³/mol. The molecule has 5 N–H and O–H groups in total. The number of carboxylic acid groups (broad SMARTS) is 2. The number of hydrogen-bond donors (Lipinski definition) is 5. The number of carbonyl (C=O) groups excluding carboxylic acids is 1. The van der Waals surface area contributed by atoms with E-state index in [0.29, 0.717) is 29.5 Å². The maximum atomic E-state index is 13.0. The highest BCUT2D eigenvalue weighted by atomic mass is 35.5. The minimum Gasteiger partial charge on any atom is -0.480 e. The Labute approximate surface area is 289 Å². The van der Waals surface area contributed by atoms with Crippen molar-refractivity contribution in [3.05, 3.63) is 94.5 Å². The lowest BCUT2D eigenvalue weighted by molar-refractivity contribution is -0.149. The molecular formula is C32H37ClN4O10S2. The van der Waals surface area contributed by atoms with E-state index in [-0.39, 0.29) is 47.7 Å². The Kier molecular flexibility index (Phi) is 12.9. The van der Waals surface area contributed by atoms with Crippen LogP contribution in [0.15, 0.2) is 82.6 Å². The first kappa shape index (κ1) is 37.9. The van der Waals surface area contributed by atoms with Gasteiger partial charge in [0.05, 0.1) is 29.2 Å². The summed E-state index contributed by atoms with van der Waals surface area (Å²) in [5, 5.41) is 21.5. The molecule has 0 spiro atoms. The standard InChI is InChI=1S/C32H37ClN4O10S2/c1-21(30(38)37-15-5-8-28(37)32(41)42)36-27(31(39)40)20-47-19-24-11-9-23(10-12-24)18-34-48(43,44)25-13-14-26(33)29(16-25)49(45,46)35-17-22-6-3-2-4-7-22/h2-4,6-7,9-14,16,21,27-28,34-36H,5,8,15,17-20H2,1H3,(H,39,40)(H,41,42)/t21-,27?,28-/m0/s1. The lowest BCUT2D eigenvalue weighted by Crippen LogP contribution is -2.54. The van der Waals surface area contributed by atoms with Gasteiger partial charge in [-0.05, 0) is 54.7 Å². The molecule has 49 heavy (non-hydrogen) atoms. The van der Waals surface area contributed by atoms with Crippen LogP contribution in [0.25, 0.3) is 0 Å². The zero-order chi connectivity index (χ0) is 35.8. The topological polar surface area (TPSA) is 209 Å². The van der Waals surface area contributed by atoms with Crippen molar-refractivity contribution in [3.63, 3.8) is 0 Å². The summed E-state index contributed by atoms with van der Waals surface area (Å²) in [7, 11) is -8.28. The second-order valence-corrected chi connectivity index (χ2v) is 15.3. The van der Waals surface area contributed by atoms with Crippen LogP contribution >= 0.6 is 11.6 Å². The van der Waals surface area contributed by atoms with Crippen LogP contribution in [0.4, 0.5) is 0 Å². The number of carboxylic acids is 2. The van der Waals surface area contributed by atoms with E-state index in [1.165, 1.54) is 24.0 Å². The highest BCUT2D eigenvalue weighted by molar-refractivity contribution is 7.90. The van der Waals surface area contributed by atoms with Crippen molar-refractivity contribution in [1.82, 2.24) is 19.7 Å². The summed E-state index contributed by atoms with van der Waals surface area (Å²) >= 11 is 6.13. The lowest BCUT2D eigenvalue weighted by Gasteiger charge is -2.27. The van der Waals surface area contributed by atoms with Crippen LogP contribution in [0.5, 0.6) is 0 Å². The minimum atomic E-state index is -4.14. The maximum absolute atomic E-state index is 13.0. The number of aliphatic carboxylic acids is 2. The van der Waals surface area contributed by atoms with Crippen molar-refractivity contribution >= 4 is 49.5 Å². The van der Waals surface area contributed by atoms with Gasteiger partial charge in [0.1, 0.15) is 17.0 Å². The molecule has 1 amide bonds. The van der Waals surface area contributed by atoms with E-state index in [4.69, 9.17) is 16.3 Å². The molecule has 0 radical (unpaired) electrons. The molecule has 3 atom stereocenters. The molecule has 14 nitrogen and oxygen atoms in total. The molecule has 0 saturated carbocycles. The SMILES string of the molecule is C[C@H](NC(COCc1ccc(CNS(=O)(=O)c2ccc(Cl)c(S(=O)(=O)NCc3ccccc3)c2)cc1)C(=O)O)C(=O)N1CCC[C@H]1C(=O)O. The first-order chi connectivity index (χ1) is 23.2. The molecule has 0 aromatic heterocycles. The van der Waals surface area contributed by atoms with Crippen LogP contribution in [0.3, 0.4) is 0 Å². The Morgan fingerprint density at radius 3 is 2.14 bits per heavy atom. The number of sulfonamides is 2. The molecule has 0 aliphatic carbocycles. The number of halogens is 1. The number of carbonyl (C=O) groups is 3. The summed E-state index contributed by atoms with van der Waals surface area (Å²) in [5.41, 5.74) is 1.95. The maximum Gasteiger partial charge on any atom is 0.326 e. The van der Waals surface area contributed by atoms with Crippen molar-refractivity contribution in [2.75, 3.05) is 13.2 Å². The fraction of sp³-hybridized carbons (Fsp3) is 0.344. The summed E-state index contributed by atoms with van der Waals surface area (Å²) in [5.74, 6) is -2.84. The molecule has 0 bridgehead atoms. The molecule has 264 valence electrons. The molecule has 1 fully saturated rings. The van der Waals surface area contributed by atoms with Crippen LogP contribution in [-0.4, -0.2) is 81.1 Å². The molecule has 1 heterocycles. The largest absolute Gasteiger partial charge is 0.480 e. The molecule has 3 aromatic rings. The summed E-state index contributed by atoms with van der Waals surface area (Å²) in [4.78, 5) is 36.6. The molecule has 1 aliphatic rings. The van der Waals surface area contributed by atoms with Crippen LogP contribution in [0.1, 0.15) is 36.5 Å². The number of ether oxygens (including phenoxy) is 1. The highest BCUT2D eigenvalue weighted by Gasteiger charge is 2.37. The van der Waals surface area contributed by atoms with E-state index < -0.39 is 56.0 Å². The second-order valence-electron chi connectivity index (χ2n) is 11.4. The smallest absolute Gasteiger partial charge is 0.326 e. The van der Waals surface area contributed by atoms with Crippen molar-refractivity contribution in [2.24, 2.45) is 0 Å². The Bertz CT molecular complexity index is 1860. The summed E-state index contributed by atoms with van der Waals surface area (Å²) < 4.78 is 62.4. The van der Waals surface area contributed by atoms with Crippen molar-refractivity contribution < 1.29 is 46.2 Å². The van der Waals surface area contributed by atoms with E-state index in [2.05, 4.69) is 14.8 Å². The van der Waals surface area contributed by atoms with Gasteiger partial charge < -0.3 is 19.8 Å². The van der Waals surface area contributed by atoms with Gasteiger partial charge >= 0.3 is 11.9 Å². The Balaban J connectivity index is 1.29. The molecule has 1 unspecified atom stereocenters. The van der Waals surface area contributed by atoms with Gasteiger partial charge in [0.25, 0.3) is 0 Å². The van der Waals surface area contributed by atoms with Gasteiger partial charge in [0, 0.05) is 19.6 Å². The quantitative estimate of drug-likeness (QED) is 0.136. The zero-order valence-corrected chi connectivity index (χ0v) is 28.8.